The van der Waals surface area contributed by atoms with E-state index in [1.807, 2.05) is 30.3 Å². The molecule has 0 unspecified atom stereocenters. The highest BCUT2D eigenvalue weighted by atomic mass is 35.5. The highest BCUT2D eigenvalue weighted by molar-refractivity contribution is 5.98. The molecule has 0 atom stereocenters. The lowest BCUT2D eigenvalue weighted by atomic mass is 9.97. The van der Waals surface area contributed by atoms with E-state index >= 15 is 0 Å². The Morgan fingerprint density at radius 1 is 0.857 bits per heavy atom. The Balaban J connectivity index is 0.00000225. The number of nitro groups is 1. The molecule has 6 nitrogen and oxygen atoms in total. The van der Waals surface area contributed by atoms with Crippen LogP contribution in [0.3, 0.4) is 0 Å². The monoisotopic (exact) mass is 394 g/mol. The fourth-order valence-electron chi connectivity index (χ4n) is 3.05. The first-order chi connectivity index (χ1) is 13.0. The number of nitro benzene ring substituents is 1. The highest BCUT2D eigenvalue weighted by Crippen LogP contribution is 2.37. The van der Waals surface area contributed by atoms with Gasteiger partial charge in [-0.25, -0.2) is 4.98 Å². The molecule has 4 aromatic rings. The molecule has 0 aliphatic rings. The molecule has 0 fully saturated rings. The standard InChI is InChI=1S/C21H14N2O4.ClH/c24-15-7-9-21(25)18(11-15)20-12-16(13-4-2-1-3-5-13)17-10-14(23(26)27)6-8-19(17)22-20;/h1-12,24-25H;1H. The predicted octanol–water partition coefficient (Wildman–Crippen LogP) is 5.31. The Labute approximate surface area is 166 Å². The van der Waals surface area contributed by atoms with Crippen molar-refractivity contribution in [3.63, 3.8) is 0 Å². The van der Waals surface area contributed by atoms with E-state index in [0.29, 0.717) is 22.2 Å². The van der Waals surface area contributed by atoms with Crippen molar-refractivity contribution in [1.82, 2.24) is 4.98 Å². The van der Waals surface area contributed by atoms with E-state index in [1.165, 1.54) is 30.3 Å². The smallest absolute Gasteiger partial charge is 0.270 e. The summed E-state index contributed by atoms with van der Waals surface area (Å²) in [6, 6.07) is 19.9. The van der Waals surface area contributed by atoms with E-state index in [1.54, 1.807) is 12.1 Å². The van der Waals surface area contributed by atoms with E-state index < -0.39 is 4.92 Å². The lowest BCUT2D eigenvalue weighted by molar-refractivity contribution is -0.384. The minimum absolute atomic E-state index is 0. The van der Waals surface area contributed by atoms with Crippen molar-refractivity contribution in [3.05, 3.63) is 82.9 Å². The van der Waals surface area contributed by atoms with Gasteiger partial charge in [0.15, 0.2) is 0 Å². The number of phenolic OH excluding ortho intramolecular Hbond substituents is 2. The van der Waals surface area contributed by atoms with Gasteiger partial charge in [-0.15, -0.1) is 12.4 Å². The number of benzene rings is 3. The molecule has 0 spiro atoms. The van der Waals surface area contributed by atoms with Crippen molar-refractivity contribution in [2.75, 3.05) is 0 Å². The number of nitrogens with zero attached hydrogens (tertiary/aromatic N) is 2. The summed E-state index contributed by atoms with van der Waals surface area (Å²) in [6.07, 6.45) is 0. The summed E-state index contributed by atoms with van der Waals surface area (Å²) >= 11 is 0. The van der Waals surface area contributed by atoms with Crippen LogP contribution in [0, 0.1) is 10.1 Å². The maximum atomic E-state index is 11.2. The third kappa shape index (κ3) is 3.45. The molecule has 1 heterocycles. The number of aromatic hydroxyl groups is 2. The number of halogens is 1. The molecule has 2 N–H and O–H groups in total. The van der Waals surface area contributed by atoms with Gasteiger partial charge in [-0.05, 0) is 41.5 Å². The number of rotatable bonds is 3. The first kappa shape index (κ1) is 19.1. The molecule has 0 bridgehead atoms. The van der Waals surface area contributed by atoms with Crippen molar-refractivity contribution < 1.29 is 15.1 Å². The number of aromatic nitrogens is 1. The Kier molecular flexibility index (Phi) is 5.15. The van der Waals surface area contributed by atoms with Gasteiger partial charge in [0.2, 0.25) is 0 Å². The molecule has 3 aromatic carbocycles. The van der Waals surface area contributed by atoms with Gasteiger partial charge >= 0.3 is 0 Å². The zero-order valence-electron chi connectivity index (χ0n) is 14.4. The second-order valence-corrected chi connectivity index (χ2v) is 6.08. The van der Waals surface area contributed by atoms with E-state index in [0.717, 1.165) is 11.1 Å². The normalized spacial score (nSPS) is 10.4. The molecule has 1 aromatic heterocycles. The topological polar surface area (TPSA) is 96.5 Å². The van der Waals surface area contributed by atoms with Crippen LogP contribution in [-0.4, -0.2) is 20.1 Å². The molecule has 0 saturated carbocycles. The van der Waals surface area contributed by atoms with Crippen LogP contribution in [0.1, 0.15) is 0 Å². The fraction of sp³-hybridized carbons (Fsp3) is 0. The van der Waals surface area contributed by atoms with E-state index in [2.05, 4.69) is 4.98 Å². The summed E-state index contributed by atoms with van der Waals surface area (Å²) < 4.78 is 0. The minimum Gasteiger partial charge on any atom is -0.508 e. The summed E-state index contributed by atoms with van der Waals surface area (Å²) in [4.78, 5) is 15.3. The lowest BCUT2D eigenvalue weighted by Crippen LogP contribution is -1.93. The number of hydrogen-bond donors (Lipinski definition) is 2. The molecule has 0 radical (unpaired) electrons. The molecular weight excluding hydrogens is 380 g/mol. The maximum absolute atomic E-state index is 11.2. The van der Waals surface area contributed by atoms with Crippen LogP contribution in [0.15, 0.2) is 72.8 Å². The van der Waals surface area contributed by atoms with Crippen LogP contribution >= 0.6 is 12.4 Å². The Morgan fingerprint density at radius 3 is 2.32 bits per heavy atom. The molecule has 0 amide bonds. The van der Waals surface area contributed by atoms with Gasteiger partial charge in [0.1, 0.15) is 11.5 Å². The zero-order valence-corrected chi connectivity index (χ0v) is 15.3. The third-order valence-electron chi connectivity index (χ3n) is 4.34. The third-order valence-corrected chi connectivity index (χ3v) is 4.34. The van der Waals surface area contributed by atoms with Gasteiger partial charge in [0.25, 0.3) is 5.69 Å². The maximum Gasteiger partial charge on any atom is 0.270 e. The number of non-ortho nitro benzene ring substituents is 1. The first-order valence-corrected chi connectivity index (χ1v) is 8.20. The summed E-state index contributed by atoms with van der Waals surface area (Å²) in [6.45, 7) is 0. The van der Waals surface area contributed by atoms with Crippen LogP contribution in [0.4, 0.5) is 5.69 Å². The molecule has 28 heavy (non-hydrogen) atoms. The number of phenols is 2. The first-order valence-electron chi connectivity index (χ1n) is 8.20. The zero-order chi connectivity index (χ0) is 19.0. The molecule has 0 aliphatic carbocycles. The number of fused-ring (bicyclic) bond motifs is 1. The van der Waals surface area contributed by atoms with Gasteiger partial charge in [-0.1, -0.05) is 30.3 Å². The minimum atomic E-state index is -0.441. The largest absolute Gasteiger partial charge is 0.508 e. The Hall–Kier alpha value is -3.64. The van der Waals surface area contributed by atoms with Gasteiger partial charge in [0.05, 0.1) is 16.1 Å². The van der Waals surface area contributed by atoms with Gasteiger partial charge in [0, 0.05) is 23.1 Å². The van der Waals surface area contributed by atoms with Crippen LogP contribution in [0.5, 0.6) is 11.5 Å². The van der Waals surface area contributed by atoms with Crippen molar-refractivity contribution in [2.24, 2.45) is 0 Å². The van der Waals surface area contributed by atoms with Gasteiger partial charge in [-0.2, -0.15) is 0 Å². The van der Waals surface area contributed by atoms with Crippen molar-refractivity contribution >= 4 is 29.0 Å². The molecular formula is C21H15ClN2O4. The SMILES string of the molecule is Cl.O=[N+]([O-])c1ccc2nc(-c3cc(O)ccc3O)cc(-c3ccccc3)c2c1. The van der Waals surface area contributed by atoms with Crippen LogP contribution < -0.4 is 0 Å². The number of hydrogen-bond acceptors (Lipinski definition) is 5. The average Bonchev–Trinajstić information content (AvgIpc) is 2.69. The van der Waals surface area contributed by atoms with Crippen molar-refractivity contribution in [1.29, 1.82) is 0 Å². The van der Waals surface area contributed by atoms with Crippen LogP contribution in [0.25, 0.3) is 33.3 Å². The summed E-state index contributed by atoms with van der Waals surface area (Å²) in [5.41, 5.74) is 3.00. The van der Waals surface area contributed by atoms with Crippen LogP contribution in [-0.2, 0) is 0 Å². The van der Waals surface area contributed by atoms with E-state index in [-0.39, 0.29) is 29.6 Å². The molecule has 140 valence electrons. The molecule has 4 rings (SSSR count). The Bertz CT molecular complexity index is 1180. The second kappa shape index (κ2) is 7.54. The fourth-order valence-corrected chi connectivity index (χ4v) is 3.05. The van der Waals surface area contributed by atoms with Crippen molar-refractivity contribution in [3.8, 4) is 33.9 Å². The lowest BCUT2D eigenvalue weighted by Gasteiger charge is -2.11. The Morgan fingerprint density at radius 2 is 1.61 bits per heavy atom. The van der Waals surface area contributed by atoms with Crippen molar-refractivity contribution in [2.45, 2.75) is 0 Å². The number of pyridine rings is 1. The highest BCUT2D eigenvalue weighted by Gasteiger charge is 2.15. The van der Waals surface area contributed by atoms with E-state index in [4.69, 9.17) is 0 Å². The summed E-state index contributed by atoms with van der Waals surface area (Å²) in [5, 5.41) is 31.8. The van der Waals surface area contributed by atoms with E-state index in [9.17, 15) is 20.3 Å². The van der Waals surface area contributed by atoms with Gasteiger partial charge < -0.3 is 10.2 Å². The summed E-state index contributed by atoms with van der Waals surface area (Å²) in [7, 11) is 0. The predicted molar refractivity (Wildman–Crippen MR) is 110 cm³/mol. The van der Waals surface area contributed by atoms with Gasteiger partial charge in [-0.3, -0.25) is 10.1 Å². The quantitative estimate of drug-likeness (QED) is 0.279. The molecule has 7 heteroatoms. The molecule has 0 aliphatic heterocycles. The van der Waals surface area contributed by atoms with Crippen LogP contribution in [0.2, 0.25) is 0 Å². The molecule has 0 saturated heterocycles. The summed E-state index contributed by atoms with van der Waals surface area (Å²) in [5.74, 6) is -0.00442. The second-order valence-electron chi connectivity index (χ2n) is 6.08. The average molecular weight is 395 g/mol.